The second-order valence-electron chi connectivity index (χ2n) is 6.91. The lowest BCUT2D eigenvalue weighted by Crippen LogP contribution is -2.24. The Hall–Kier alpha value is -2.57. The first-order valence-electron chi connectivity index (χ1n) is 9.43. The van der Waals surface area contributed by atoms with Crippen molar-refractivity contribution < 1.29 is 9.53 Å². The van der Waals surface area contributed by atoms with E-state index in [0.717, 1.165) is 31.5 Å². The van der Waals surface area contributed by atoms with Crippen LogP contribution in [0.1, 0.15) is 25.1 Å². The van der Waals surface area contributed by atoms with Crippen LogP contribution in [-0.2, 0) is 17.8 Å². The van der Waals surface area contributed by atoms with Crippen molar-refractivity contribution in [1.82, 2.24) is 9.55 Å². The average Bonchev–Trinajstić information content (AvgIpc) is 2.96. The van der Waals surface area contributed by atoms with E-state index in [-0.39, 0.29) is 23.1 Å². The molecule has 8 heteroatoms. The van der Waals surface area contributed by atoms with Crippen LogP contribution in [-0.4, -0.2) is 22.1 Å². The fourth-order valence-electron chi connectivity index (χ4n) is 3.42. The van der Waals surface area contributed by atoms with Gasteiger partial charge in [0.15, 0.2) is 6.61 Å². The van der Waals surface area contributed by atoms with E-state index in [1.165, 1.54) is 0 Å². The normalized spacial score (nSPS) is 13.6. The van der Waals surface area contributed by atoms with Gasteiger partial charge in [0.2, 0.25) is 0 Å². The Kier molecular flexibility index (Phi) is 5.74. The minimum atomic E-state index is -0.383. The van der Waals surface area contributed by atoms with Gasteiger partial charge in [0.1, 0.15) is 11.6 Å². The molecule has 1 amide bonds. The molecule has 29 heavy (non-hydrogen) atoms. The Labute approximate surface area is 177 Å². The SMILES string of the molecule is O=C(COc1ccc2nc3n(c(=O)c2c1)CCCCC3)Nc1cccc(Cl)c1Cl. The lowest BCUT2D eigenvalue weighted by atomic mass is 10.2. The molecule has 6 nitrogen and oxygen atoms in total. The van der Waals surface area contributed by atoms with E-state index < -0.39 is 0 Å². The summed E-state index contributed by atoms with van der Waals surface area (Å²) in [6.45, 7) is 0.457. The number of benzene rings is 2. The number of carbonyl (C=O) groups is 1. The summed E-state index contributed by atoms with van der Waals surface area (Å²) in [5.74, 6) is 0.885. The van der Waals surface area contributed by atoms with Gasteiger partial charge >= 0.3 is 0 Å². The molecule has 2 heterocycles. The van der Waals surface area contributed by atoms with Gasteiger partial charge in [-0.2, -0.15) is 0 Å². The number of amides is 1. The van der Waals surface area contributed by atoms with Crippen LogP contribution in [0.3, 0.4) is 0 Å². The monoisotopic (exact) mass is 431 g/mol. The molecule has 3 aromatic rings. The van der Waals surface area contributed by atoms with Gasteiger partial charge in [-0.05, 0) is 43.2 Å². The third kappa shape index (κ3) is 4.23. The Morgan fingerprint density at radius 1 is 1.17 bits per heavy atom. The summed E-state index contributed by atoms with van der Waals surface area (Å²) in [6.07, 6.45) is 3.93. The maximum atomic E-state index is 12.9. The van der Waals surface area contributed by atoms with Crippen LogP contribution in [0.2, 0.25) is 10.0 Å². The van der Waals surface area contributed by atoms with Crippen LogP contribution < -0.4 is 15.6 Å². The van der Waals surface area contributed by atoms with E-state index in [1.54, 1.807) is 41.0 Å². The number of hydrogen-bond acceptors (Lipinski definition) is 4. The summed E-state index contributed by atoms with van der Waals surface area (Å²) in [7, 11) is 0. The topological polar surface area (TPSA) is 73.2 Å². The Morgan fingerprint density at radius 3 is 2.90 bits per heavy atom. The Morgan fingerprint density at radius 2 is 2.03 bits per heavy atom. The minimum Gasteiger partial charge on any atom is -0.484 e. The van der Waals surface area contributed by atoms with Gasteiger partial charge in [-0.3, -0.25) is 14.2 Å². The van der Waals surface area contributed by atoms with E-state index in [9.17, 15) is 9.59 Å². The van der Waals surface area contributed by atoms with Crippen LogP contribution in [0.5, 0.6) is 5.75 Å². The molecule has 1 aliphatic rings. The first-order valence-corrected chi connectivity index (χ1v) is 10.2. The number of anilines is 1. The van der Waals surface area contributed by atoms with Gasteiger partial charge < -0.3 is 10.1 Å². The summed E-state index contributed by atoms with van der Waals surface area (Å²) in [5.41, 5.74) is 0.995. The molecule has 0 fully saturated rings. The number of nitrogens with zero attached hydrogens (tertiary/aromatic N) is 2. The van der Waals surface area contributed by atoms with E-state index in [1.807, 2.05) is 0 Å². The molecule has 0 saturated carbocycles. The van der Waals surface area contributed by atoms with Crippen molar-refractivity contribution in [3.8, 4) is 5.75 Å². The smallest absolute Gasteiger partial charge is 0.262 e. The number of rotatable bonds is 4. The van der Waals surface area contributed by atoms with Gasteiger partial charge in [-0.1, -0.05) is 35.7 Å². The zero-order valence-electron chi connectivity index (χ0n) is 15.6. The molecule has 1 aromatic heterocycles. The molecule has 0 atom stereocenters. The highest BCUT2D eigenvalue weighted by atomic mass is 35.5. The van der Waals surface area contributed by atoms with Gasteiger partial charge in [0.25, 0.3) is 11.5 Å². The van der Waals surface area contributed by atoms with E-state index in [2.05, 4.69) is 10.3 Å². The first-order chi connectivity index (χ1) is 14.0. The van der Waals surface area contributed by atoms with Crippen molar-refractivity contribution in [1.29, 1.82) is 0 Å². The van der Waals surface area contributed by atoms with Crippen molar-refractivity contribution >= 4 is 45.7 Å². The summed E-state index contributed by atoms with van der Waals surface area (Å²) in [5, 5.41) is 3.78. The van der Waals surface area contributed by atoms with Crippen LogP contribution in [0.25, 0.3) is 10.9 Å². The van der Waals surface area contributed by atoms with E-state index in [4.69, 9.17) is 27.9 Å². The highest BCUT2D eigenvalue weighted by Gasteiger charge is 2.15. The van der Waals surface area contributed by atoms with Gasteiger partial charge in [-0.25, -0.2) is 4.98 Å². The first kappa shape index (κ1) is 19.7. The molecule has 1 N–H and O–H groups in total. The lowest BCUT2D eigenvalue weighted by molar-refractivity contribution is -0.118. The molecule has 0 bridgehead atoms. The van der Waals surface area contributed by atoms with Crippen molar-refractivity contribution in [2.24, 2.45) is 0 Å². The molecule has 0 saturated heterocycles. The molecule has 0 aliphatic carbocycles. The predicted octanol–water partition coefficient (Wildman–Crippen LogP) is 4.45. The highest BCUT2D eigenvalue weighted by molar-refractivity contribution is 6.44. The molecular weight excluding hydrogens is 413 g/mol. The molecule has 1 aliphatic heterocycles. The third-order valence-electron chi connectivity index (χ3n) is 4.88. The second kappa shape index (κ2) is 8.43. The van der Waals surface area contributed by atoms with Crippen LogP contribution >= 0.6 is 23.2 Å². The zero-order chi connectivity index (χ0) is 20.4. The molecule has 150 valence electrons. The summed E-state index contributed by atoms with van der Waals surface area (Å²) < 4.78 is 7.33. The van der Waals surface area contributed by atoms with Crippen molar-refractivity contribution in [3.05, 3.63) is 62.6 Å². The number of aromatic nitrogens is 2. The van der Waals surface area contributed by atoms with Crippen LogP contribution in [0.15, 0.2) is 41.2 Å². The van der Waals surface area contributed by atoms with Gasteiger partial charge in [-0.15, -0.1) is 0 Å². The number of hydrogen-bond donors (Lipinski definition) is 1. The zero-order valence-corrected chi connectivity index (χ0v) is 17.1. The summed E-state index contributed by atoms with van der Waals surface area (Å²) >= 11 is 12.0. The van der Waals surface area contributed by atoms with Crippen LogP contribution in [0.4, 0.5) is 5.69 Å². The Balaban J connectivity index is 1.51. The summed E-state index contributed by atoms with van der Waals surface area (Å²) in [6, 6.07) is 10.1. The highest BCUT2D eigenvalue weighted by Crippen LogP contribution is 2.29. The molecular formula is C21H19Cl2N3O3. The minimum absolute atomic E-state index is 0.0625. The van der Waals surface area contributed by atoms with E-state index >= 15 is 0 Å². The fourth-order valence-corrected chi connectivity index (χ4v) is 3.77. The largest absolute Gasteiger partial charge is 0.484 e. The number of halogens is 2. The van der Waals surface area contributed by atoms with Gasteiger partial charge in [0, 0.05) is 13.0 Å². The Bertz CT molecular complexity index is 1140. The number of carbonyl (C=O) groups excluding carboxylic acids is 1. The van der Waals surface area contributed by atoms with Gasteiger partial charge in [0.05, 0.1) is 26.6 Å². The second-order valence-corrected chi connectivity index (χ2v) is 7.70. The third-order valence-corrected chi connectivity index (χ3v) is 5.70. The van der Waals surface area contributed by atoms with Crippen molar-refractivity contribution in [3.63, 3.8) is 0 Å². The molecule has 2 aromatic carbocycles. The lowest BCUT2D eigenvalue weighted by Gasteiger charge is -2.12. The number of ether oxygens (including phenoxy) is 1. The number of nitrogens with one attached hydrogen (secondary N) is 1. The molecule has 0 radical (unpaired) electrons. The summed E-state index contributed by atoms with van der Waals surface area (Å²) in [4.78, 5) is 29.7. The maximum Gasteiger partial charge on any atom is 0.262 e. The number of fused-ring (bicyclic) bond motifs is 2. The van der Waals surface area contributed by atoms with Crippen LogP contribution in [0, 0.1) is 0 Å². The number of aryl methyl sites for hydroxylation is 1. The van der Waals surface area contributed by atoms with Crippen molar-refractivity contribution in [2.45, 2.75) is 32.2 Å². The maximum absolute atomic E-state index is 12.9. The fraction of sp³-hybridized carbons (Fsp3) is 0.286. The van der Waals surface area contributed by atoms with Crippen molar-refractivity contribution in [2.75, 3.05) is 11.9 Å². The quantitative estimate of drug-likeness (QED) is 0.662. The molecule has 0 unspecified atom stereocenters. The molecule has 0 spiro atoms. The van der Waals surface area contributed by atoms with E-state index in [0.29, 0.717) is 33.9 Å². The average molecular weight is 432 g/mol. The standard InChI is InChI=1S/C21H19Cl2N3O3/c22-15-5-4-6-17(20(15)23)25-19(27)12-29-13-8-9-16-14(11-13)21(28)26-10-3-1-2-7-18(26)24-16/h4-6,8-9,11H,1-3,7,10,12H2,(H,25,27). The predicted molar refractivity (Wildman–Crippen MR) is 114 cm³/mol. The molecule has 4 rings (SSSR count).